The van der Waals surface area contributed by atoms with Crippen molar-refractivity contribution in [3.8, 4) is 0 Å². The minimum Gasteiger partial charge on any atom is -0.303 e. The Morgan fingerprint density at radius 1 is 1.44 bits per heavy atom. The molecule has 0 spiro atoms. The summed E-state index contributed by atoms with van der Waals surface area (Å²) in [5.41, 5.74) is 3.50. The summed E-state index contributed by atoms with van der Waals surface area (Å²) in [7, 11) is 0. The van der Waals surface area contributed by atoms with Gasteiger partial charge >= 0.3 is 0 Å². The highest BCUT2D eigenvalue weighted by atomic mass is 35.5. The third-order valence-electron chi connectivity index (χ3n) is 3.50. The van der Waals surface area contributed by atoms with Crippen LogP contribution in [0.25, 0.3) is 5.65 Å². The van der Waals surface area contributed by atoms with E-state index in [9.17, 15) is 0 Å². The SMILES string of the molecule is CC1Cc2c(nc3c(Cl)cccn23)C(C)C1. The van der Waals surface area contributed by atoms with Crippen LogP contribution >= 0.6 is 11.6 Å². The van der Waals surface area contributed by atoms with Crippen LogP contribution in [0, 0.1) is 5.92 Å². The summed E-state index contributed by atoms with van der Waals surface area (Å²) in [6, 6.07) is 3.89. The number of nitrogens with zero attached hydrogens (tertiary/aromatic N) is 2. The maximum Gasteiger partial charge on any atom is 0.156 e. The highest BCUT2D eigenvalue weighted by Crippen LogP contribution is 2.35. The average molecular weight is 235 g/mol. The minimum absolute atomic E-state index is 0.551. The van der Waals surface area contributed by atoms with Crippen molar-refractivity contribution in [1.29, 1.82) is 0 Å². The van der Waals surface area contributed by atoms with Gasteiger partial charge < -0.3 is 4.40 Å². The van der Waals surface area contributed by atoms with E-state index in [2.05, 4.69) is 24.4 Å². The molecule has 0 aromatic carbocycles. The molecule has 0 bridgehead atoms. The van der Waals surface area contributed by atoms with Crippen molar-refractivity contribution in [1.82, 2.24) is 9.38 Å². The molecule has 1 aliphatic carbocycles. The molecule has 0 radical (unpaired) electrons. The van der Waals surface area contributed by atoms with E-state index in [4.69, 9.17) is 16.6 Å². The smallest absolute Gasteiger partial charge is 0.156 e. The van der Waals surface area contributed by atoms with Gasteiger partial charge in [-0.1, -0.05) is 25.4 Å². The van der Waals surface area contributed by atoms with Gasteiger partial charge in [-0.05, 0) is 30.9 Å². The lowest BCUT2D eigenvalue weighted by atomic mass is 9.84. The van der Waals surface area contributed by atoms with Crippen LogP contribution in [0.15, 0.2) is 18.3 Å². The summed E-state index contributed by atoms with van der Waals surface area (Å²) < 4.78 is 2.16. The van der Waals surface area contributed by atoms with Crippen LogP contribution in [0.1, 0.15) is 37.6 Å². The maximum absolute atomic E-state index is 6.18. The number of hydrogen-bond acceptors (Lipinski definition) is 1. The van der Waals surface area contributed by atoms with Crippen LogP contribution < -0.4 is 0 Å². The third-order valence-corrected chi connectivity index (χ3v) is 3.79. The molecular formula is C13H15ClN2. The molecule has 0 saturated heterocycles. The number of imidazole rings is 1. The van der Waals surface area contributed by atoms with Crippen molar-refractivity contribution in [2.24, 2.45) is 5.92 Å². The van der Waals surface area contributed by atoms with E-state index in [0.717, 1.165) is 23.0 Å². The lowest BCUT2D eigenvalue weighted by molar-refractivity contribution is 0.438. The molecule has 3 rings (SSSR count). The van der Waals surface area contributed by atoms with Gasteiger partial charge in [0.25, 0.3) is 0 Å². The van der Waals surface area contributed by atoms with E-state index < -0.39 is 0 Å². The second-order valence-electron chi connectivity index (χ2n) is 4.94. The molecule has 0 N–H and O–H groups in total. The molecule has 84 valence electrons. The standard InChI is InChI=1S/C13H15ClN2/c1-8-6-9(2)12-11(7-8)16-5-3-4-10(14)13(16)15-12/h3-5,8-9H,6-7H2,1-2H3. The van der Waals surface area contributed by atoms with Crippen molar-refractivity contribution in [3.05, 3.63) is 34.7 Å². The molecule has 0 amide bonds. The first-order valence-corrected chi connectivity index (χ1v) is 6.20. The highest BCUT2D eigenvalue weighted by Gasteiger charge is 2.26. The first kappa shape index (κ1) is 10.2. The van der Waals surface area contributed by atoms with Crippen LogP contribution in [-0.2, 0) is 6.42 Å². The van der Waals surface area contributed by atoms with Crippen LogP contribution in [0.3, 0.4) is 0 Å². The van der Waals surface area contributed by atoms with E-state index in [1.54, 1.807) is 0 Å². The van der Waals surface area contributed by atoms with Gasteiger partial charge in [-0.2, -0.15) is 0 Å². The Morgan fingerprint density at radius 2 is 2.25 bits per heavy atom. The van der Waals surface area contributed by atoms with Gasteiger partial charge in [0.15, 0.2) is 5.65 Å². The van der Waals surface area contributed by atoms with Crippen LogP contribution in [-0.4, -0.2) is 9.38 Å². The maximum atomic E-state index is 6.18. The van der Waals surface area contributed by atoms with E-state index in [-0.39, 0.29) is 0 Å². The summed E-state index contributed by atoms with van der Waals surface area (Å²) >= 11 is 6.18. The van der Waals surface area contributed by atoms with Gasteiger partial charge in [-0.3, -0.25) is 0 Å². The van der Waals surface area contributed by atoms with Crippen LogP contribution in [0.5, 0.6) is 0 Å². The zero-order chi connectivity index (χ0) is 11.3. The zero-order valence-corrected chi connectivity index (χ0v) is 10.3. The molecule has 2 heterocycles. The van der Waals surface area contributed by atoms with Crippen LogP contribution in [0.2, 0.25) is 5.02 Å². The van der Waals surface area contributed by atoms with Gasteiger partial charge in [0.05, 0.1) is 10.7 Å². The summed E-state index contributed by atoms with van der Waals surface area (Å²) in [4.78, 5) is 4.70. The van der Waals surface area contributed by atoms with E-state index in [1.165, 1.54) is 17.8 Å². The number of rotatable bonds is 0. The fraction of sp³-hybridized carbons (Fsp3) is 0.462. The molecule has 2 aromatic rings. The highest BCUT2D eigenvalue weighted by molar-refractivity contribution is 6.33. The molecule has 2 unspecified atom stereocenters. The van der Waals surface area contributed by atoms with Crippen molar-refractivity contribution in [2.75, 3.05) is 0 Å². The predicted molar refractivity (Wildman–Crippen MR) is 66.1 cm³/mol. The Labute approximate surface area is 100 Å². The number of halogens is 1. The Kier molecular flexibility index (Phi) is 2.21. The van der Waals surface area contributed by atoms with E-state index >= 15 is 0 Å². The van der Waals surface area contributed by atoms with Gasteiger partial charge in [0, 0.05) is 17.8 Å². The fourth-order valence-corrected chi connectivity index (χ4v) is 3.03. The Morgan fingerprint density at radius 3 is 3.06 bits per heavy atom. The van der Waals surface area contributed by atoms with Crippen molar-refractivity contribution >= 4 is 17.2 Å². The first-order chi connectivity index (χ1) is 7.66. The second kappa shape index (κ2) is 3.49. The van der Waals surface area contributed by atoms with Crippen molar-refractivity contribution < 1.29 is 0 Å². The molecule has 2 atom stereocenters. The molecule has 0 fully saturated rings. The molecule has 0 saturated carbocycles. The molecule has 2 aromatic heterocycles. The van der Waals surface area contributed by atoms with Crippen molar-refractivity contribution in [2.45, 2.75) is 32.6 Å². The third kappa shape index (κ3) is 1.36. The van der Waals surface area contributed by atoms with Gasteiger partial charge in [0.2, 0.25) is 0 Å². The summed E-state index contributed by atoms with van der Waals surface area (Å²) in [6.07, 6.45) is 4.41. The molecular weight excluding hydrogens is 220 g/mol. The monoisotopic (exact) mass is 234 g/mol. The predicted octanol–water partition coefficient (Wildman–Crippen LogP) is 3.67. The van der Waals surface area contributed by atoms with Gasteiger partial charge in [-0.15, -0.1) is 0 Å². The van der Waals surface area contributed by atoms with E-state index in [0.29, 0.717) is 5.92 Å². The lowest BCUT2D eigenvalue weighted by Crippen LogP contribution is -2.15. The van der Waals surface area contributed by atoms with Crippen LogP contribution in [0.4, 0.5) is 0 Å². The van der Waals surface area contributed by atoms with Gasteiger partial charge in [-0.25, -0.2) is 4.98 Å². The fourth-order valence-electron chi connectivity index (χ4n) is 2.83. The average Bonchev–Trinajstić information content (AvgIpc) is 2.59. The first-order valence-electron chi connectivity index (χ1n) is 5.82. The summed E-state index contributed by atoms with van der Waals surface area (Å²) in [6.45, 7) is 4.57. The number of fused-ring (bicyclic) bond motifs is 3. The quantitative estimate of drug-likeness (QED) is 0.680. The zero-order valence-electron chi connectivity index (χ0n) is 9.57. The topological polar surface area (TPSA) is 17.3 Å². The number of aromatic nitrogens is 2. The van der Waals surface area contributed by atoms with Crippen molar-refractivity contribution in [3.63, 3.8) is 0 Å². The molecule has 0 aliphatic heterocycles. The Balaban J connectivity index is 2.30. The molecule has 3 heteroatoms. The Bertz CT molecular complexity index is 544. The summed E-state index contributed by atoms with van der Waals surface area (Å²) in [5, 5.41) is 0.747. The number of hydrogen-bond donors (Lipinski definition) is 0. The molecule has 16 heavy (non-hydrogen) atoms. The van der Waals surface area contributed by atoms with E-state index in [1.807, 2.05) is 12.1 Å². The number of pyridine rings is 1. The minimum atomic E-state index is 0.551. The second-order valence-corrected chi connectivity index (χ2v) is 5.35. The largest absolute Gasteiger partial charge is 0.303 e. The summed E-state index contributed by atoms with van der Waals surface area (Å²) in [5.74, 6) is 1.29. The normalized spacial score (nSPS) is 24.7. The molecule has 2 nitrogen and oxygen atoms in total. The van der Waals surface area contributed by atoms with Gasteiger partial charge in [0.1, 0.15) is 0 Å². The lowest BCUT2D eigenvalue weighted by Gasteiger charge is -2.23. The Hall–Kier alpha value is -1.02. The molecule has 1 aliphatic rings.